The molecule has 0 spiro atoms. The highest BCUT2D eigenvalue weighted by atomic mass is 32.1. The first-order chi connectivity index (χ1) is 13.7. The van der Waals surface area contributed by atoms with E-state index in [0.29, 0.717) is 17.5 Å². The number of nitrogens with zero attached hydrogens (tertiary/aromatic N) is 3. The van der Waals surface area contributed by atoms with Crippen LogP contribution in [0, 0.1) is 5.92 Å². The maximum Gasteiger partial charge on any atom is 0.283 e. The topological polar surface area (TPSA) is 64.5 Å². The van der Waals surface area contributed by atoms with E-state index in [4.69, 9.17) is 9.47 Å². The van der Waals surface area contributed by atoms with Crippen molar-refractivity contribution in [1.82, 2.24) is 14.9 Å². The van der Waals surface area contributed by atoms with Crippen molar-refractivity contribution >= 4 is 27.6 Å². The summed E-state index contributed by atoms with van der Waals surface area (Å²) in [5, 5.41) is 0.487. The van der Waals surface area contributed by atoms with Crippen LogP contribution in [-0.2, 0) is 6.54 Å². The Bertz CT molecular complexity index is 951. The average molecular weight is 398 g/mol. The van der Waals surface area contributed by atoms with Gasteiger partial charge < -0.3 is 14.4 Å². The molecule has 0 radical (unpaired) electrons. The molecular formula is C21H23N3O3S. The smallest absolute Gasteiger partial charge is 0.283 e. The van der Waals surface area contributed by atoms with Gasteiger partial charge >= 0.3 is 0 Å². The molecule has 7 heteroatoms. The molecule has 0 bridgehead atoms. The average Bonchev–Trinajstić information content (AvgIpc) is 3.13. The highest BCUT2D eigenvalue weighted by Crippen LogP contribution is 2.31. The summed E-state index contributed by atoms with van der Waals surface area (Å²) in [6.45, 7) is 1.21. The van der Waals surface area contributed by atoms with Gasteiger partial charge in [-0.25, -0.2) is 9.97 Å². The Balaban J connectivity index is 1.62. The second kappa shape index (κ2) is 8.14. The summed E-state index contributed by atoms with van der Waals surface area (Å²) in [6.07, 6.45) is 5.31. The molecule has 0 N–H and O–H groups in total. The molecule has 1 fully saturated rings. The van der Waals surface area contributed by atoms with Crippen molar-refractivity contribution in [3.8, 4) is 11.5 Å². The fraction of sp³-hybridized carbons (Fsp3) is 0.381. The van der Waals surface area contributed by atoms with Crippen LogP contribution in [0.4, 0.5) is 0 Å². The van der Waals surface area contributed by atoms with Gasteiger partial charge in [-0.05, 0) is 43.0 Å². The number of hydrogen-bond donors (Lipinski definition) is 0. The number of methoxy groups -OCH3 is 2. The number of thiazole rings is 1. The minimum absolute atomic E-state index is 0.0484. The van der Waals surface area contributed by atoms with Crippen LogP contribution >= 0.6 is 11.3 Å². The number of aromatic nitrogens is 2. The summed E-state index contributed by atoms with van der Waals surface area (Å²) in [5.41, 5.74) is 1.72. The molecule has 0 unspecified atom stereocenters. The summed E-state index contributed by atoms with van der Waals surface area (Å²) in [7, 11) is 3.26. The molecule has 6 nitrogen and oxygen atoms in total. The van der Waals surface area contributed by atoms with E-state index in [1.165, 1.54) is 30.6 Å². The van der Waals surface area contributed by atoms with E-state index in [-0.39, 0.29) is 5.91 Å². The van der Waals surface area contributed by atoms with Gasteiger partial charge in [0.25, 0.3) is 5.91 Å². The van der Waals surface area contributed by atoms with Crippen molar-refractivity contribution in [2.75, 3.05) is 20.8 Å². The molecule has 1 aromatic carbocycles. The van der Waals surface area contributed by atoms with Crippen molar-refractivity contribution < 1.29 is 14.3 Å². The number of carbonyl (C=O) groups is 1. The minimum atomic E-state index is -0.0484. The Morgan fingerprint density at radius 1 is 1.25 bits per heavy atom. The molecule has 1 amide bonds. The zero-order valence-corrected chi connectivity index (χ0v) is 16.9. The number of ether oxygens (including phenoxy) is 2. The number of pyridine rings is 1. The molecule has 2 heterocycles. The zero-order chi connectivity index (χ0) is 19.5. The summed E-state index contributed by atoms with van der Waals surface area (Å²) >= 11 is 1.35. The number of amides is 1. The lowest BCUT2D eigenvalue weighted by Crippen LogP contribution is -2.37. The predicted molar refractivity (Wildman–Crippen MR) is 109 cm³/mol. The van der Waals surface area contributed by atoms with Gasteiger partial charge in [-0.2, -0.15) is 0 Å². The van der Waals surface area contributed by atoms with Crippen LogP contribution in [0.15, 0.2) is 36.5 Å². The van der Waals surface area contributed by atoms with Crippen molar-refractivity contribution in [1.29, 1.82) is 0 Å². The van der Waals surface area contributed by atoms with E-state index >= 15 is 0 Å². The molecule has 0 atom stereocenters. The first-order valence-electron chi connectivity index (χ1n) is 9.39. The lowest BCUT2D eigenvalue weighted by Gasteiger charge is -2.32. The SMILES string of the molecule is COc1ccc(CN(CC2CCC2)C(=O)c2nc3cccnc3s2)c(OC)c1. The first-order valence-corrected chi connectivity index (χ1v) is 10.2. The highest BCUT2D eigenvalue weighted by molar-refractivity contribution is 7.19. The summed E-state index contributed by atoms with van der Waals surface area (Å²) in [6, 6.07) is 9.43. The van der Waals surface area contributed by atoms with Crippen LogP contribution in [0.25, 0.3) is 10.3 Å². The molecule has 1 saturated carbocycles. The highest BCUT2D eigenvalue weighted by Gasteiger charge is 2.27. The lowest BCUT2D eigenvalue weighted by molar-refractivity contribution is 0.0678. The third-order valence-electron chi connectivity index (χ3n) is 5.20. The van der Waals surface area contributed by atoms with Crippen molar-refractivity contribution in [3.63, 3.8) is 0 Å². The molecule has 0 aliphatic heterocycles. The van der Waals surface area contributed by atoms with Crippen molar-refractivity contribution in [2.45, 2.75) is 25.8 Å². The Labute approximate surface area is 168 Å². The van der Waals surface area contributed by atoms with Crippen LogP contribution in [0.5, 0.6) is 11.5 Å². The molecule has 1 aliphatic rings. The predicted octanol–water partition coefficient (Wildman–Crippen LogP) is 4.15. The second-order valence-electron chi connectivity index (χ2n) is 7.01. The van der Waals surface area contributed by atoms with E-state index in [9.17, 15) is 4.79 Å². The molecule has 3 aromatic rings. The van der Waals surface area contributed by atoms with Gasteiger partial charge in [-0.3, -0.25) is 4.79 Å². The Morgan fingerprint density at radius 3 is 2.79 bits per heavy atom. The van der Waals surface area contributed by atoms with Gasteiger partial charge in [0, 0.05) is 30.9 Å². The number of hydrogen-bond acceptors (Lipinski definition) is 6. The van der Waals surface area contributed by atoms with Crippen LogP contribution in [0.2, 0.25) is 0 Å². The van der Waals surface area contributed by atoms with Gasteiger partial charge in [-0.1, -0.05) is 17.8 Å². The maximum absolute atomic E-state index is 13.3. The van der Waals surface area contributed by atoms with Crippen LogP contribution in [0.3, 0.4) is 0 Å². The van der Waals surface area contributed by atoms with E-state index in [2.05, 4.69) is 9.97 Å². The number of benzene rings is 1. The largest absolute Gasteiger partial charge is 0.497 e. The Morgan fingerprint density at radius 2 is 2.11 bits per heavy atom. The summed E-state index contributed by atoms with van der Waals surface area (Å²) < 4.78 is 10.8. The molecular weight excluding hydrogens is 374 g/mol. The number of carbonyl (C=O) groups excluding carboxylic acids is 1. The number of rotatable bonds is 7. The van der Waals surface area contributed by atoms with Crippen molar-refractivity contribution in [3.05, 3.63) is 47.1 Å². The van der Waals surface area contributed by atoms with Gasteiger partial charge in [0.05, 0.1) is 14.2 Å². The molecule has 0 saturated heterocycles. The summed E-state index contributed by atoms with van der Waals surface area (Å²) in [4.78, 5) is 24.8. The summed E-state index contributed by atoms with van der Waals surface area (Å²) in [5.74, 6) is 1.96. The molecule has 28 heavy (non-hydrogen) atoms. The van der Waals surface area contributed by atoms with E-state index < -0.39 is 0 Å². The van der Waals surface area contributed by atoms with Gasteiger partial charge in [0.1, 0.15) is 21.8 Å². The molecule has 2 aromatic heterocycles. The van der Waals surface area contributed by atoms with Crippen LogP contribution in [-0.4, -0.2) is 41.5 Å². The zero-order valence-electron chi connectivity index (χ0n) is 16.1. The van der Waals surface area contributed by atoms with E-state index in [1.54, 1.807) is 20.4 Å². The first kappa shape index (κ1) is 18.7. The van der Waals surface area contributed by atoms with Crippen molar-refractivity contribution in [2.24, 2.45) is 5.92 Å². The third kappa shape index (κ3) is 3.80. The fourth-order valence-corrected chi connectivity index (χ4v) is 4.27. The Hall–Kier alpha value is -2.67. The molecule has 146 valence electrons. The lowest BCUT2D eigenvalue weighted by atomic mass is 9.85. The maximum atomic E-state index is 13.3. The Kier molecular flexibility index (Phi) is 5.43. The van der Waals surface area contributed by atoms with E-state index in [1.807, 2.05) is 35.2 Å². The normalized spacial score (nSPS) is 13.9. The molecule has 1 aliphatic carbocycles. The number of fused-ring (bicyclic) bond motifs is 1. The van der Waals surface area contributed by atoms with E-state index in [0.717, 1.165) is 34.0 Å². The fourth-order valence-electron chi connectivity index (χ4n) is 3.39. The monoisotopic (exact) mass is 397 g/mol. The van der Waals surface area contributed by atoms with Gasteiger partial charge in [0.2, 0.25) is 0 Å². The standard InChI is InChI=1S/C21H23N3O3S/c1-26-16-9-8-15(18(11-16)27-2)13-24(12-14-5-3-6-14)21(25)20-23-17-7-4-10-22-19(17)28-20/h4,7-11,14H,3,5-6,12-13H2,1-2H3. The van der Waals surface area contributed by atoms with Gasteiger partial charge in [-0.15, -0.1) is 0 Å². The molecule has 4 rings (SSSR count). The van der Waals surface area contributed by atoms with Crippen LogP contribution < -0.4 is 9.47 Å². The van der Waals surface area contributed by atoms with Crippen LogP contribution in [0.1, 0.15) is 34.6 Å². The third-order valence-corrected chi connectivity index (χ3v) is 6.16. The quantitative estimate of drug-likeness (QED) is 0.599. The van der Waals surface area contributed by atoms with Gasteiger partial charge in [0.15, 0.2) is 5.01 Å². The second-order valence-corrected chi connectivity index (χ2v) is 7.98. The minimum Gasteiger partial charge on any atom is -0.497 e.